The quantitative estimate of drug-likeness (QED) is 0.350. The maximum atomic E-state index is 13.5. The highest BCUT2D eigenvalue weighted by Gasteiger charge is 2.31. The summed E-state index contributed by atoms with van der Waals surface area (Å²) in [6.07, 6.45) is 7.67. The largest absolute Gasteiger partial charge is 0.432 e. The molecule has 0 saturated carbocycles. The molecule has 0 bridgehead atoms. The van der Waals surface area contributed by atoms with E-state index in [1.54, 1.807) is 59.7 Å². The third-order valence-electron chi connectivity index (χ3n) is 6.76. The Morgan fingerprint density at radius 3 is 2.55 bits per heavy atom. The molecule has 0 amide bonds. The molecule has 5 aromatic rings. The summed E-state index contributed by atoms with van der Waals surface area (Å²) in [5.74, 6) is 1.13. The SMILES string of the molecule is Cc1nc(S(=O)(=O)N2CCC(Nc3nccc(-c4c(-c5ccc(F)cc5)nc5occn45)n3)CC2)cn1C. The van der Waals surface area contributed by atoms with Gasteiger partial charge in [-0.1, -0.05) is 0 Å². The molecule has 1 fully saturated rings. The number of rotatable bonds is 6. The standard InChI is InChI=1S/C25H25FN8O3S/c1-16-28-21(15-32(16)2)38(35,36)33-11-8-19(9-12-33)29-24-27-10-7-20(30-24)23-22(17-3-5-18(26)6-4-17)31-25-34(23)13-14-37-25/h3-7,10,13-15,19H,8-9,11-12H2,1-2H3,(H,27,29,30). The summed E-state index contributed by atoms with van der Waals surface area (Å²) in [6.45, 7) is 2.50. The van der Waals surface area contributed by atoms with Gasteiger partial charge in [0.1, 0.15) is 29.3 Å². The number of hydrogen-bond donors (Lipinski definition) is 1. The van der Waals surface area contributed by atoms with Crippen molar-refractivity contribution >= 4 is 21.8 Å². The number of benzene rings is 1. The number of hydrogen-bond acceptors (Lipinski definition) is 8. The summed E-state index contributed by atoms with van der Waals surface area (Å²) in [5, 5.41) is 3.42. The lowest BCUT2D eigenvalue weighted by Crippen LogP contribution is -2.42. The first-order valence-corrected chi connectivity index (χ1v) is 13.5. The molecular formula is C25H25FN8O3S. The molecule has 0 atom stereocenters. The van der Waals surface area contributed by atoms with Crippen molar-refractivity contribution in [3.8, 4) is 22.6 Å². The van der Waals surface area contributed by atoms with Gasteiger partial charge in [0.25, 0.3) is 10.0 Å². The molecule has 0 radical (unpaired) electrons. The van der Waals surface area contributed by atoms with E-state index >= 15 is 0 Å². The van der Waals surface area contributed by atoms with Gasteiger partial charge in [-0.15, -0.1) is 0 Å². The van der Waals surface area contributed by atoms with Gasteiger partial charge in [0.15, 0.2) is 5.03 Å². The van der Waals surface area contributed by atoms with Crippen LogP contribution in [0.5, 0.6) is 0 Å². The fraction of sp³-hybridized carbons (Fsp3) is 0.280. The number of fused-ring (bicyclic) bond motifs is 1. The predicted molar refractivity (Wildman–Crippen MR) is 137 cm³/mol. The first-order valence-electron chi connectivity index (χ1n) is 12.1. The first-order chi connectivity index (χ1) is 18.3. The van der Waals surface area contributed by atoms with Gasteiger partial charge in [-0.05, 0) is 50.1 Å². The molecule has 196 valence electrons. The van der Waals surface area contributed by atoms with Crippen LogP contribution in [0, 0.1) is 12.7 Å². The second-order valence-corrected chi connectivity index (χ2v) is 11.1. The van der Waals surface area contributed by atoms with Gasteiger partial charge < -0.3 is 14.3 Å². The van der Waals surface area contributed by atoms with Crippen molar-refractivity contribution < 1.29 is 17.2 Å². The zero-order chi connectivity index (χ0) is 26.4. The van der Waals surface area contributed by atoms with Crippen LogP contribution in [0.15, 0.2) is 64.6 Å². The van der Waals surface area contributed by atoms with Crippen LogP contribution in [0.25, 0.3) is 28.5 Å². The number of halogens is 1. The zero-order valence-electron chi connectivity index (χ0n) is 20.7. The number of imidazole rings is 2. The summed E-state index contributed by atoms with van der Waals surface area (Å²) < 4.78 is 50.0. The smallest absolute Gasteiger partial charge is 0.306 e. The van der Waals surface area contributed by atoms with Gasteiger partial charge >= 0.3 is 5.84 Å². The summed E-state index contributed by atoms with van der Waals surface area (Å²) in [4.78, 5) is 17.9. The number of anilines is 1. The molecule has 6 rings (SSSR count). The molecule has 38 heavy (non-hydrogen) atoms. The third-order valence-corrected chi connectivity index (χ3v) is 8.53. The number of nitrogens with one attached hydrogen (secondary N) is 1. The number of aryl methyl sites for hydroxylation is 2. The summed E-state index contributed by atoms with van der Waals surface area (Å²) >= 11 is 0. The zero-order valence-corrected chi connectivity index (χ0v) is 21.6. The second kappa shape index (κ2) is 9.33. The number of aromatic nitrogens is 6. The monoisotopic (exact) mass is 536 g/mol. The third kappa shape index (κ3) is 4.33. The number of oxazole rings is 1. The molecule has 1 saturated heterocycles. The van der Waals surface area contributed by atoms with Crippen LogP contribution in [0.2, 0.25) is 0 Å². The molecular weight excluding hydrogens is 511 g/mol. The van der Waals surface area contributed by atoms with E-state index < -0.39 is 10.0 Å². The van der Waals surface area contributed by atoms with Crippen LogP contribution < -0.4 is 5.32 Å². The van der Waals surface area contributed by atoms with Gasteiger partial charge in [-0.2, -0.15) is 9.29 Å². The highest BCUT2D eigenvalue weighted by Crippen LogP contribution is 2.32. The van der Waals surface area contributed by atoms with E-state index in [1.807, 2.05) is 0 Å². The molecule has 0 spiro atoms. The van der Waals surface area contributed by atoms with E-state index in [1.165, 1.54) is 22.7 Å². The Balaban J connectivity index is 1.21. The lowest BCUT2D eigenvalue weighted by atomic mass is 10.1. The fourth-order valence-electron chi connectivity index (χ4n) is 4.61. The van der Waals surface area contributed by atoms with E-state index in [9.17, 15) is 12.8 Å². The molecule has 4 aromatic heterocycles. The second-order valence-electron chi connectivity index (χ2n) is 9.20. The minimum Gasteiger partial charge on any atom is -0.432 e. The van der Waals surface area contributed by atoms with Gasteiger partial charge in [-0.25, -0.2) is 27.8 Å². The molecule has 5 heterocycles. The van der Waals surface area contributed by atoms with E-state index in [0.717, 1.165) is 5.56 Å². The van der Waals surface area contributed by atoms with E-state index in [4.69, 9.17) is 9.40 Å². The van der Waals surface area contributed by atoms with Crippen LogP contribution >= 0.6 is 0 Å². The van der Waals surface area contributed by atoms with Crippen molar-refractivity contribution in [1.29, 1.82) is 0 Å². The van der Waals surface area contributed by atoms with Crippen molar-refractivity contribution in [3.05, 3.63) is 66.8 Å². The Bertz CT molecular complexity index is 1700. The fourth-order valence-corrected chi connectivity index (χ4v) is 6.10. The minimum atomic E-state index is -3.65. The predicted octanol–water partition coefficient (Wildman–Crippen LogP) is 3.50. The molecule has 13 heteroatoms. The molecule has 1 aliphatic rings. The topological polar surface area (TPSA) is 123 Å². The van der Waals surface area contributed by atoms with Crippen LogP contribution in [0.4, 0.5) is 10.3 Å². The number of sulfonamides is 1. The van der Waals surface area contributed by atoms with Gasteiger partial charge in [0.05, 0.1) is 5.69 Å². The average molecular weight is 537 g/mol. The summed E-state index contributed by atoms with van der Waals surface area (Å²) in [6, 6.07) is 7.87. The lowest BCUT2D eigenvalue weighted by Gasteiger charge is -2.31. The van der Waals surface area contributed by atoms with E-state index in [-0.39, 0.29) is 16.9 Å². The van der Waals surface area contributed by atoms with Crippen molar-refractivity contribution in [2.45, 2.75) is 30.8 Å². The van der Waals surface area contributed by atoms with Crippen LogP contribution in [0.3, 0.4) is 0 Å². The van der Waals surface area contributed by atoms with Crippen molar-refractivity contribution in [2.24, 2.45) is 7.05 Å². The molecule has 0 aliphatic carbocycles. The molecule has 1 aliphatic heterocycles. The Kier molecular flexibility index (Phi) is 5.95. The first kappa shape index (κ1) is 24.2. The maximum Gasteiger partial charge on any atom is 0.306 e. The van der Waals surface area contributed by atoms with Gasteiger partial charge in [-0.3, -0.25) is 4.40 Å². The maximum absolute atomic E-state index is 13.5. The normalized spacial score (nSPS) is 15.3. The van der Waals surface area contributed by atoms with E-state index in [0.29, 0.717) is 60.6 Å². The summed E-state index contributed by atoms with van der Waals surface area (Å²) in [7, 11) is -1.87. The van der Waals surface area contributed by atoms with Crippen LogP contribution in [0.1, 0.15) is 18.7 Å². The Morgan fingerprint density at radius 1 is 1.08 bits per heavy atom. The molecule has 1 N–H and O–H groups in total. The van der Waals surface area contributed by atoms with Crippen molar-refractivity contribution in [1.82, 2.24) is 33.2 Å². The average Bonchev–Trinajstić information content (AvgIpc) is 3.60. The van der Waals surface area contributed by atoms with Crippen molar-refractivity contribution in [3.63, 3.8) is 0 Å². The molecule has 0 unspecified atom stereocenters. The highest BCUT2D eigenvalue weighted by molar-refractivity contribution is 7.89. The molecule has 11 nitrogen and oxygen atoms in total. The van der Waals surface area contributed by atoms with E-state index in [2.05, 4.69) is 20.3 Å². The Hall–Kier alpha value is -4.10. The Labute approximate surface area is 218 Å². The highest BCUT2D eigenvalue weighted by atomic mass is 32.2. The number of nitrogens with zero attached hydrogens (tertiary/aromatic N) is 7. The summed E-state index contributed by atoms with van der Waals surface area (Å²) in [5.41, 5.74) is 2.64. The Morgan fingerprint density at radius 2 is 1.84 bits per heavy atom. The lowest BCUT2D eigenvalue weighted by molar-refractivity contribution is 0.328. The van der Waals surface area contributed by atoms with Crippen molar-refractivity contribution in [2.75, 3.05) is 18.4 Å². The number of piperidine rings is 1. The van der Waals surface area contributed by atoms with Crippen LogP contribution in [-0.2, 0) is 17.1 Å². The van der Waals surface area contributed by atoms with Gasteiger partial charge in [0, 0.05) is 50.3 Å². The van der Waals surface area contributed by atoms with Crippen LogP contribution in [-0.4, -0.2) is 60.8 Å². The minimum absolute atomic E-state index is 0.00174. The molecule has 1 aromatic carbocycles. The van der Waals surface area contributed by atoms with Gasteiger partial charge in [0.2, 0.25) is 5.95 Å².